The maximum atomic E-state index is 12.9. The van der Waals surface area contributed by atoms with Gasteiger partial charge in [-0.25, -0.2) is 0 Å². The Labute approximate surface area is 171 Å². The van der Waals surface area contributed by atoms with E-state index in [1.807, 2.05) is 44.2 Å². The topological polar surface area (TPSA) is 58.6 Å². The molecule has 0 spiro atoms. The van der Waals surface area contributed by atoms with E-state index in [0.717, 1.165) is 12.0 Å². The lowest BCUT2D eigenvalue weighted by molar-refractivity contribution is -0.142. The molecule has 0 saturated heterocycles. The maximum absolute atomic E-state index is 12.9. The molecule has 0 radical (unpaired) electrons. The number of halogens is 1. The maximum Gasteiger partial charge on any atom is 0.261 e. The van der Waals surface area contributed by atoms with Crippen LogP contribution < -0.4 is 10.1 Å². The Morgan fingerprint density at radius 3 is 2.32 bits per heavy atom. The van der Waals surface area contributed by atoms with Crippen LogP contribution in [-0.2, 0) is 16.1 Å². The second kappa shape index (κ2) is 10.7. The third-order valence-electron chi connectivity index (χ3n) is 4.54. The first-order valence-electron chi connectivity index (χ1n) is 9.42. The number of carbonyl (C=O) groups excluding carboxylic acids is 2. The normalized spacial score (nSPS) is 12.7. The minimum absolute atomic E-state index is 0.0499. The molecule has 2 aromatic rings. The number of nitrogens with zero attached hydrogens (tertiary/aromatic N) is 1. The van der Waals surface area contributed by atoms with Gasteiger partial charge in [-0.15, -0.1) is 0 Å². The lowest BCUT2D eigenvalue weighted by Crippen LogP contribution is -2.50. The largest absolute Gasteiger partial charge is 0.484 e. The fourth-order valence-corrected chi connectivity index (χ4v) is 2.71. The van der Waals surface area contributed by atoms with Crippen molar-refractivity contribution in [2.45, 2.75) is 45.8 Å². The fraction of sp³-hybridized carbons (Fsp3) is 0.364. The van der Waals surface area contributed by atoms with Gasteiger partial charge in [-0.3, -0.25) is 9.59 Å². The summed E-state index contributed by atoms with van der Waals surface area (Å²) in [5.74, 6) is 0.116. The second-order valence-corrected chi connectivity index (χ2v) is 7.18. The van der Waals surface area contributed by atoms with Gasteiger partial charge in [0.25, 0.3) is 5.91 Å². The molecule has 1 N–H and O–H groups in total. The Kier molecular flexibility index (Phi) is 8.33. The summed E-state index contributed by atoms with van der Waals surface area (Å²) in [4.78, 5) is 27.0. The predicted molar refractivity (Wildman–Crippen MR) is 111 cm³/mol. The number of rotatable bonds is 9. The van der Waals surface area contributed by atoms with Crippen molar-refractivity contribution in [1.29, 1.82) is 0 Å². The van der Waals surface area contributed by atoms with Crippen molar-refractivity contribution < 1.29 is 14.3 Å². The van der Waals surface area contributed by atoms with Crippen molar-refractivity contribution in [2.24, 2.45) is 0 Å². The van der Waals surface area contributed by atoms with Crippen molar-refractivity contribution in [1.82, 2.24) is 10.2 Å². The van der Waals surface area contributed by atoms with Crippen molar-refractivity contribution >= 4 is 23.4 Å². The smallest absolute Gasteiger partial charge is 0.261 e. The van der Waals surface area contributed by atoms with Gasteiger partial charge in [0.15, 0.2) is 6.61 Å². The van der Waals surface area contributed by atoms with Crippen LogP contribution >= 0.6 is 11.6 Å². The summed E-state index contributed by atoms with van der Waals surface area (Å²) in [5, 5.41) is 3.54. The van der Waals surface area contributed by atoms with Crippen LogP contribution in [0, 0.1) is 0 Å². The third kappa shape index (κ3) is 6.57. The number of ether oxygens (including phenoxy) is 1. The molecule has 0 fully saturated rings. The molecule has 5 nitrogen and oxygen atoms in total. The molecule has 0 unspecified atom stereocenters. The summed E-state index contributed by atoms with van der Waals surface area (Å²) in [5.41, 5.74) is 0.950. The van der Waals surface area contributed by atoms with Crippen LogP contribution in [0.25, 0.3) is 0 Å². The Morgan fingerprint density at radius 1 is 1.07 bits per heavy atom. The molecule has 28 heavy (non-hydrogen) atoms. The van der Waals surface area contributed by atoms with Gasteiger partial charge in [0.2, 0.25) is 5.91 Å². The van der Waals surface area contributed by atoms with Crippen molar-refractivity contribution in [3.8, 4) is 5.75 Å². The van der Waals surface area contributed by atoms with E-state index in [2.05, 4.69) is 5.32 Å². The molecule has 0 saturated carbocycles. The standard InChI is InChI=1S/C22H27ClN2O3/c1-4-16(2)24-22(27)17(3)25(14-18-8-6-5-7-9-18)21(26)15-28-20-12-10-19(23)11-13-20/h5-13,16-17H,4,14-15H2,1-3H3,(H,24,27)/t16-,17+/m1/s1. The number of hydrogen-bond donors (Lipinski definition) is 1. The molecule has 0 aliphatic rings. The van der Waals surface area contributed by atoms with Crippen molar-refractivity contribution in [2.75, 3.05) is 6.61 Å². The minimum atomic E-state index is -0.615. The Balaban J connectivity index is 2.10. The number of nitrogens with one attached hydrogen (secondary N) is 1. The summed E-state index contributed by atoms with van der Waals surface area (Å²) < 4.78 is 5.59. The molecule has 0 aromatic heterocycles. The van der Waals surface area contributed by atoms with E-state index in [9.17, 15) is 9.59 Å². The van der Waals surface area contributed by atoms with E-state index in [1.54, 1.807) is 36.1 Å². The van der Waals surface area contributed by atoms with E-state index in [0.29, 0.717) is 17.3 Å². The molecule has 2 rings (SSSR count). The average Bonchev–Trinajstić information content (AvgIpc) is 2.71. The van der Waals surface area contributed by atoms with Gasteiger partial charge in [-0.1, -0.05) is 48.9 Å². The van der Waals surface area contributed by atoms with Gasteiger partial charge in [-0.2, -0.15) is 0 Å². The molecule has 0 bridgehead atoms. The van der Waals surface area contributed by atoms with Crippen molar-refractivity contribution in [3.63, 3.8) is 0 Å². The highest BCUT2D eigenvalue weighted by atomic mass is 35.5. The number of carbonyl (C=O) groups is 2. The highest BCUT2D eigenvalue weighted by molar-refractivity contribution is 6.30. The Morgan fingerprint density at radius 2 is 1.71 bits per heavy atom. The van der Waals surface area contributed by atoms with Gasteiger partial charge in [0, 0.05) is 17.6 Å². The van der Waals surface area contributed by atoms with E-state index in [1.165, 1.54) is 0 Å². The third-order valence-corrected chi connectivity index (χ3v) is 4.79. The summed E-state index contributed by atoms with van der Waals surface area (Å²) in [6.07, 6.45) is 0.824. The molecule has 150 valence electrons. The number of benzene rings is 2. The Hall–Kier alpha value is -2.53. The van der Waals surface area contributed by atoms with Gasteiger partial charge in [-0.05, 0) is 50.1 Å². The first kappa shape index (κ1) is 21.8. The van der Waals surface area contributed by atoms with E-state index >= 15 is 0 Å². The zero-order valence-electron chi connectivity index (χ0n) is 16.5. The van der Waals surface area contributed by atoms with Gasteiger partial charge < -0.3 is 15.0 Å². The van der Waals surface area contributed by atoms with E-state index in [-0.39, 0.29) is 24.5 Å². The molecule has 0 aliphatic heterocycles. The van der Waals surface area contributed by atoms with Crippen LogP contribution in [0.5, 0.6) is 5.75 Å². The summed E-state index contributed by atoms with van der Waals surface area (Å²) >= 11 is 5.87. The highest BCUT2D eigenvalue weighted by Crippen LogP contribution is 2.16. The first-order valence-corrected chi connectivity index (χ1v) is 9.80. The molecule has 2 atom stereocenters. The molecule has 6 heteroatoms. The monoisotopic (exact) mass is 402 g/mol. The zero-order valence-corrected chi connectivity index (χ0v) is 17.3. The van der Waals surface area contributed by atoms with Crippen LogP contribution in [0.4, 0.5) is 0 Å². The first-order chi connectivity index (χ1) is 13.4. The van der Waals surface area contributed by atoms with Crippen LogP contribution in [0.1, 0.15) is 32.8 Å². The van der Waals surface area contributed by atoms with Crippen LogP contribution in [0.15, 0.2) is 54.6 Å². The van der Waals surface area contributed by atoms with Crippen LogP contribution in [-0.4, -0.2) is 35.4 Å². The van der Waals surface area contributed by atoms with E-state index in [4.69, 9.17) is 16.3 Å². The van der Waals surface area contributed by atoms with Crippen molar-refractivity contribution in [3.05, 3.63) is 65.2 Å². The summed E-state index contributed by atoms with van der Waals surface area (Å²) in [6.45, 7) is 5.86. The molecule has 2 aromatic carbocycles. The lowest BCUT2D eigenvalue weighted by atomic mass is 10.1. The molecule has 2 amide bonds. The molecular formula is C22H27ClN2O3. The van der Waals surface area contributed by atoms with E-state index < -0.39 is 6.04 Å². The molecule has 0 aliphatic carbocycles. The van der Waals surface area contributed by atoms with Crippen LogP contribution in [0.2, 0.25) is 5.02 Å². The van der Waals surface area contributed by atoms with Gasteiger partial charge in [0.05, 0.1) is 0 Å². The highest BCUT2D eigenvalue weighted by Gasteiger charge is 2.27. The average molecular weight is 403 g/mol. The number of amides is 2. The van der Waals surface area contributed by atoms with Gasteiger partial charge >= 0.3 is 0 Å². The Bertz CT molecular complexity index is 765. The fourth-order valence-electron chi connectivity index (χ4n) is 2.59. The quantitative estimate of drug-likeness (QED) is 0.688. The number of hydrogen-bond acceptors (Lipinski definition) is 3. The lowest BCUT2D eigenvalue weighted by Gasteiger charge is -2.29. The minimum Gasteiger partial charge on any atom is -0.484 e. The van der Waals surface area contributed by atoms with Crippen LogP contribution in [0.3, 0.4) is 0 Å². The second-order valence-electron chi connectivity index (χ2n) is 6.74. The molecule has 0 heterocycles. The summed E-state index contributed by atoms with van der Waals surface area (Å²) in [6, 6.07) is 15.8. The molecular weight excluding hydrogens is 376 g/mol. The SMILES string of the molecule is CC[C@@H](C)NC(=O)[C@H](C)N(Cc1ccccc1)C(=O)COc1ccc(Cl)cc1. The summed E-state index contributed by atoms with van der Waals surface area (Å²) in [7, 11) is 0. The predicted octanol–water partition coefficient (Wildman–Crippen LogP) is 4.05. The zero-order chi connectivity index (χ0) is 20.5. The van der Waals surface area contributed by atoms with Gasteiger partial charge in [0.1, 0.15) is 11.8 Å².